The summed E-state index contributed by atoms with van der Waals surface area (Å²) in [5.41, 5.74) is 0. The average molecular weight is 423 g/mol. The van der Waals surface area contributed by atoms with Crippen LogP contribution in [0.15, 0.2) is 0 Å². The van der Waals surface area contributed by atoms with Crippen molar-refractivity contribution in [2.75, 3.05) is 0 Å². The lowest BCUT2D eigenvalue weighted by molar-refractivity contribution is -0.144. The Morgan fingerprint density at radius 2 is 2.07 bits per heavy atom. The second kappa shape index (κ2) is 11.5. The second-order valence-corrected chi connectivity index (χ2v) is 4.10. The van der Waals surface area contributed by atoms with E-state index in [1.807, 2.05) is 0 Å². The minimum Gasteiger partial charge on any atom is -0.481 e. The Kier molecular flexibility index (Phi) is 1.99. The van der Waals surface area contributed by atoms with Crippen molar-refractivity contribution in [2.45, 2.75) is 95.3 Å². The molecule has 7 heteroatoms. The van der Waals surface area contributed by atoms with E-state index in [1.54, 1.807) is 0 Å². The van der Waals surface area contributed by atoms with Crippen molar-refractivity contribution in [3.05, 3.63) is 0 Å². The molecule has 0 amide bonds. The van der Waals surface area contributed by atoms with Gasteiger partial charge in [-0.05, 0) is 31.4 Å². The number of alkyl halides is 2. The molecule has 0 aliphatic heterocycles. The Bertz CT molecular complexity index is 1700. The lowest BCUT2D eigenvalue weighted by Crippen LogP contribution is -2.30. The van der Waals surface area contributed by atoms with E-state index in [2.05, 4.69) is 10.2 Å². The predicted octanol–water partition coefficient (Wildman–Crippen LogP) is 4.15. The van der Waals surface area contributed by atoms with Crippen molar-refractivity contribution in [1.82, 2.24) is 0 Å². The van der Waals surface area contributed by atoms with Crippen LogP contribution in [0.25, 0.3) is 1.43 Å². The number of carbonyl (C=O) groups is 3. The molecule has 0 aromatic rings. The summed E-state index contributed by atoms with van der Waals surface area (Å²) < 4.78 is 285. The number of ketones is 2. The number of halogens is 2. The molecule has 0 aromatic heterocycles. The van der Waals surface area contributed by atoms with Crippen molar-refractivity contribution in [1.29, 1.82) is 2.86 Å². The van der Waals surface area contributed by atoms with Crippen molar-refractivity contribution < 1.29 is 74.5 Å². The molecule has 2 N–H and O–H groups in total. The normalized spacial score (nSPS) is 56.6. The Morgan fingerprint density at radius 3 is 2.78 bits per heavy atom. The quantitative estimate of drug-likeness (QED) is 0.413. The van der Waals surface area contributed by atoms with Crippen molar-refractivity contribution in [3.8, 4) is 0 Å². The van der Waals surface area contributed by atoms with Crippen LogP contribution in [-0.2, 0) is 14.4 Å². The van der Waals surface area contributed by atoms with Crippen molar-refractivity contribution >= 4 is 17.5 Å². The standard InChI is InChI=1S/C20H32F2O5/c1-2-3-12-20(21,22)18(25)11-10-15-14(16(23)13-17(15)24)8-6-4-5-7-9-19(26)27/h14-15,17,24H,2-13H2,1H3,(H,26,27)/t14-,15-,17-/m1/s1/i1D3,2D2,3D2,4D2,5D2,6D2,7D2,8D2,9D2,10D2,11D2,12D2,13D2,14D,15D,17D,24D/hD. The molecule has 156 valence electrons. The molecule has 0 unspecified atom stereocenters. The van der Waals surface area contributed by atoms with Crippen LogP contribution in [0.2, 0.25) is 0 Å². The minimum atomic E-state index is -6.63. The number of aliphatic hydroxyl groups is 1. The highest BCUT2D eigenvalue weighted by Gasteiger charge is 2.43. The molecule has 1 aliphatic carbocycles. The summed E-state index contributed by atoms with van der Waals surface area (Å²) in [6.45, 7) is -4.38. The second-order valence-electron chi connectivity index (χ2n) is 4.10. The fourth-order valence-electron chi connectivity index (χ4n) is 1.30. The monoisotopic (exact) mass is 422 g/mol. The largest absolute Gasteiger partial charge is 0.481 e. The number of carbonyl (C=O) groups excluding carboxylic acids is 2. The van der Waals surface area contributed by atoms with Crippen molar-refractivity contribution in [3.63, 3.8) is 0 Å². The summed E-state index contributed by atoms with van der Waals surface area (Å²) in [4.78, 5) is 39.0. The van der Waals surface area contributed by atoms with E-state index in [0.717, 1.165) is 0 Å². The third-order valence-electron chi connectivity index (χ3n) is 2.34. The van der Waals surface area contributed by atoms with Gasteiger partial charge in [-0.3, -0.25) is 14.4 Å². The molecule has 27 heavy (non-hydrogen) atoms. The first-order chi connectivity index (χ1) is 25.1. The van der Waals surface area contributed by atoms with E-state index >= 15 is 8.78 Å². The van der Waals surface area contributed by atoms with Gasteiger partial charge in [0.1, 0.15) is 5.78 Å². The Morgan fingerprint density at radius 1 is 1.30 bits per heavy atom. The molecule has 1 saturated carbocycles. The van der Waals surface area contributed by atoms with Gasteiger partial charge in [-0.25, -0.2) is 0 Å². The summed E-state index contributed by atoms with van der Waals surface area (Å²) in [5.74, 6) is -28.0. The molecule has 0 radical (unpaired) electrons. The molecule has 0 saturated heterocycles. The number of aliphatic carboxylic acids is 1. The van der Waals surface area contributed by atoms with Crippen LogP contribution in [0.1, 0.15) is 124 Å². The first-order valence-corrected chi connectivity index (χ1v) is 6.40. The van der Waals surface area contributed by atoms with E-state index < -0.39 is 125 Å². The highest BCUT2D eigenvalue weighted by molar-refractivity contribution is 5.86. The van der Waals surface area contributed by atoms with Gasteiger partial charge in [0.15, 0.2) is 0 Å². The van der Waals surface area contributed by atoms with Gasteiger partial charge in [-0.2, -0.15) is 8.78 Å². The fraction of sp³-hybridized carbons (Fsp3) is 0.850. The molecule has 0 spiro atoms. The van der Waals surface area contributed by atoms with Gasteiger partial charge < -0.3 is 10.2 Å². The first kappa shape index (κ1) is 4.68. The Labute approximate surface area is 204 Å². The molecule has 3 atom stereocenters. The number of rotatable bonds is 15. The van der Waals surface area contributed by atoms with Gasteiger partial charge in [0.25, 0.3) is 1.43 Å². The molecule has 1 aliphatic rings. The van der Waals surface area contributed by atoms with Crippen molar-refractivity contribution in [2.24, 2.45) is 11.8 Å². The van der Waals surface area contributed by atoms with E-state index in [9.17, 15) is 14.4 Å². The average Bonchev–Trinajstić information content (AvgIpc) is 3.16. The number of carboxylic acid groups (broad SMARTS) is 1. The summed E-state index contributed by atoms with van der Waals surface area (Å²) in [6.07, 6.45) is -68.2. The van der Waals surface area contributed by atoms with Gasteiger partial charge in [-0.15, -0.1) is 0 Å². The molecule has 5 nitrogen and oxygen atoms in total. The summed E-state index contributed by atoms with van der Waals surface area (Å²) in [5, 5.41) is 6.91. The van der Waals surface area contributed by atoms with Gasteiger partial charge in [0.05, 0.1) is 7.45 Å². The lowest BCUT2D eigenvalue weighted by Gasteiger charge is -2.22. The van der Waals surface area contributed by atoms with Gasteiger partial charge >= 0.3 is 11.9 Å². The molecular weight excluding hydrogens is 358 g/mol. The summed E-state index contributed by atoms with van der Waals surface area (Å²) >= 11 is 0. The smallest absolute Gasteiger partial charge is 0.305 e. The maximum Gasteiger partial charge on any atom is 0.305 e. The van der Waals surface area contributed by atoms with Crippen LogP contribution >= 0.6 is 0 Å². The van der Waals surface area contributed by atoms with E-state index in [-0.39, 0.29) is 0 Å². The highest BCUT2D eigenvalue weighted by atomic mass is 19.3. The van der Waals surface area contributed by atoms with Gasteiger partial charge in [0, 0.05) is 71.1 Å². The molecule has 1 rings (SSSR count). The van der Waals surface area contributed by atoms with E-state index in [1.165, 1.54) is 0 Å². The minimum absolute atomic E-state index is 2.65. The Hall–Kier alpha value is -1.37. The maximum absolute atomic E-state index is 15.9. The Balaban J connectivity index is 4.57. The van der Waals surface area contributed by atoms with Gasteiger partial charge in [0.2, 0.25) is 7.21 Å². The predicted molar refractivity (Wildman–Crippen MR) is 96.7 cm³/mol. The zero-order chi connectivity index (χ0) is 48.6. The zero-order valence-corrected chi connectivity index (χ0v) is 12.8. The highest BCUT2D eigenvalue weighted by Crippen LogP contribution is 2.37. The molecule has 1 fully saturated rings. The third-order valence-corrected chi connectivity index (χ3v) is 2.34. The topological polar surface area (TPSA) is 91.7 Å². The molecular formula is C20H32F2O5. The third kappa shape index (κ3) is 8.03. The van der Waals surface area contributed by atoms with Crippen LogP contribution in [-0.4, -0.2) is 41.2 Å². The maximum atomic E-state index is 15.9. The van der Waals surface area contributed by atoms with E-state index in [4.69, 9.17) is 44.0 Å². The number of hydrogen-bond donors (Lipinski definition) is 2. The molecule has 0 bridgehead atoms. The summed E-state index contributed by atoms with van der Waals surface area (Å²) in [6, 6.07) is 0. The van der Waals surface area contributed by atoms with Crippen LogP contribution in [0.5, 0.6) is 0 Å². The number of carboxylic acids is 1. The van der Waals surface area contributed by atoms with Crippen LogP contribution in [0, 0.1) is 11.8 Å². The van der Waals surface area contributed by atoms with Crippen LogP contribution in [0.3, 0.4) is 0 Å². The lowest BCUT2D eigenvalue weighted by atomic mass is 9.85. The summed E-state index contributed by atoms with van der Waals surface area (Å²) in [7, 11) is 0. The number of hydrogen-bond acceptors (Lipinski definition) is 5. The van der Waals surface area contributed by atoms with Crippen LogP contribution < -0.4 is 0 Å². The van der Waals surface area contributed by atoms with E-state index in [0.29, 0.717) is 0 Å². The SMILES string of the molecule is [2H]OC(=O)C([2H])([2H])C([2H])([2H])C([2H])([2H])C([2H])([2H])C([2H])([2H])C([2H])([2H])[C@@]1([2H])C(=O)C([2H])([2H])[C@@]([2H])(O[2H])[C@]1([2H])C([2H])([2H])C([2H])([2H])C(=O)C(F)(F)C([2H])([2H])C([2H])([2H])C([2H])([2H])C([2H])([2H])[2H]. The number of Topliss-reactive ketones (excluding diaryl/α,β-unsaturated/α-hetero) is 2. The van der Waals surface area contributed by atoms with Gasteiger partial charge in [-0.1, -0.05) is 32.3 Å². The molecule has 0 heterocycles. The molecule has 0 aromatic carbocycles. The fourth-order valence-corrected chi connectivity index (χ4v) is 1.30. The zero-order valence-electron chi connectivity index (χ0n) is 44.8. The first-order valence-electron chi connectivity index (χ1n) is 22.2. The van der Waals surface area contributed by atoms with Crippen LogP contribution in [0.4, 0.5) is 8.78 Å².